The van der Waals surface area contributed by atoms with E-state index in [1.165, 1.54) is 18.2 Å². The van der Waals surface area contributed by atoms with Crippen molar-refractivity contribution >= 4 is 28.6 Å². The van der Waals surface area contributed by atoms with Gasteiger partial charge in [0.2, 0.25) is 0 Å². The van der Waals surface area contributed by atoms with E-state index in [2.05, 4.69) is 0 Å². The van der Waals surface area contributed by atoms with E-state index in [1.54, 1.807) is 0 Å². The van der Waals surface area contributed by atoms with Crippen molar-refractivity contribution in [3.05, 3.63) is 27.3 Å². The van der Waals surface area contributed by atoms with Gasteiger partial charge in [-0.05, 0) is 40.3 Å². The van der Waals surface area contributed by atoms with Crippen LogP contribution in [0, 0.1) is 3.57 Å². The molecule has 0 amide bonds. The molecule has 1 aromatic carbocycles. The van der Waals surface area contributed by atoms with Gasteiger partial charge in [0.1, 0.15) is 17.9 Å². The lowest BCUT2D eigenvalue weighted by Gasteiger charge is -2.15. The number of phenols is 1. The van der Waals surface area contributed by atoms with E-state index in [-0.39, 0.29) is 5.75 Å². The summed E-state index contributed by atoms with van der Waals surface area (Å²) >= 11 is 1.87. The summed E-state index contributed by atoms with van der Waals surface area (Å²) in [5.41, 5.74) is 5.63. The van der Waals surface area contributed by atoms with Crippen LogP contribution >= 0.6 is 22.6 Å². The summed E-state index contributed by atoms with van der Waals surface area (Å²) in [6.07, 6.45) is -1.28. The van der Waals surface area contributed by atoms with Crippen LogP contribution in [0.15, 0.2) is 18.2 Å². The highest BCUT2D eigenvalue weighted by molar-refractivity contribution is 14.1. The van der Waals surface area contributed by atoms with Gasteiger partial charge in [0.15, 0.2) is 0 Å². The second kappa shape index (κ2) is 4.77. The molecule has 0 aliphatic rings. The number of carboxylic acids is 1. The summed E-state index contributed by atoms with van der Waals surface area (Å²) < 4.78 is 0.529. The van der Waals surface area contributed by atoms with Crippen LogP contribution in [0.5, 0.6) is 5.75 Å². The molecule has 0 aliphatic heterocycles. The first kappa shape index (κ1) is 12.2. The molecule has 0 saturated heterocycles. The number of halogens is 1. The van der Waals surface area contributed by atoms with Gasteiger partial charge in [-0.3, -0.25) is 4.79 Å². The van der Waals surface area contributed by atoms with E-state index < -0.39 is 18.1 Å². The molecule has 0 spiro atoms. The molecule has 5 N–H and O–H groups in total. The van der Waals surface area contributed by atoms with Crippen molar-refractivity contribution in [2.45, 2.75) is 12.1 Å². The number of aromatic hydroxyl groups is 1. The number of carbonyl (C=O) groups is 1. The van der Waals surface area contributed by atoms with Gasteiger partial charge in [-0.2, -0.15) is 0 Å². The lowest BCUT2D eigenvalue weighted by atomic mass is 10.0. The summed E-state index contributed by atoms with van der Waals surface area (Å²) in [6.45, 7) is 0. The van der Waals surface area contributed by atoms with Crippen molar-refractivity contribution in [1.82, 2.24) is 0 Å². The van der Waals surface area contributed by atoms with E-state index in [9.17, 15) is 15.0 Å². The number of rotatable bonds is 3. The van der Waals surface area contributed by atoms with Gasteiger partial charge in [0.25, 0.3) is 0 Å². The summed E-state index contributed by atoms with van der Waals surface area (Å²) in [5.74, 6) is -1.19. The number of nitrogens with two attached hydrogens (primary N) is 1. The Bertz CT molecular complexity index is 382. The molecule has 6 heteroatoms. The summed E-state index contributed by atoms with van der Waals surface area (Å²) in [6, 6.07) is 2.94. The molecule has 0 saturated carbocycles. The van der Waals surface area contributed by atoms with Gasteiger partial charge in [-0.15, -0.1) is 0 Å². The number of phenolic OH excluding ortho intramolecular Hbond substituents is 1. The van der Waals surface area contributed by atoms with E-state index >= 15 is 0 Å². The number of aliphatic hydroxyl groups is 1. The minimum Gasteiger partial charge on any atom is -0.507 e. The first-order valence-electron chi connectivity index (χ1n) is 4.08. The van der Waals surface area contributed by atoms with E-state index in [0.717, 1.165) is 0 Å². The zero-order valence-electron chi connectivity index (χ0n) is 7.59. The Balaban J connectivity index is 2.96. The van der Waals surface area contributed by atoms with Gasteiger partial charge >= 0.3 is 5.97 Å². The molecule has 0 aliphatic carbocycles. The molecule has 1 rings (SSSR count). The zero-order chi connectivity index (χ0) is 11.6. The highest BCUT2D eigenvalue weighted by atomic mass is 127. The molecule has 82 valence electrons. The molecule has 0 fully saturated rings. The Kier molecular flexibility index (Phi) is 3.89. The lowest BCUT2D eigenvalue weighted by molar-refractivity contribution is -0.141. The van der Waals surface area contributed by atoms with Gasteiger partial charge in [0, 0.05) is 0 Å². The van der Waals surface area contributed by atoms with Crippen LogP contribution in [0.2, 0.25) is 0 Å². The summed E-state index contributed by atoms with van der Waals surface area (Å²) in [7, 11) is 0. The quantitative estimate of drug-likeness (QED) is 0.605. The zero-order valence-corrected chi connectivity index (χ0v) is 9.75. The van der Waals surface area contributed by atoms with Crippen LogP contribution in [0.4, 0.5) is 0 Å². The third kappa shape index (κ3) is 2.80. The maximum Gasteiger partial charge on any atom is 0.323 e. The Labute approximate surface area is 99.7 Å². The van der Waals surface area contributed by atoms with Crippen LogP contribution in [-0.4, -0.2) is 27.3 Å². The van der Waals surface area contributed by atoms with Gasteiger partial charge < -0.3 is 21.1 Å². The van der Waals surface area contributed by atoms with Crippen molar-refractivity contribution in [2.24, 2.45) is 5.73 Å². The topological polar surface area (TPSA) is 104 Å². The number of hydrogen-bond donors (Lipinski definition) is 4. The van der Waals surface area contributed by atoms with Crippen molar-refractivity contribution in [2.75, 3.05) is 0 Å². The molecular formula is C9H10INO4. The molecule has 2 unspecified atom stereocenters. The molecule has 1 aromatic rings. The fourth-order valence-corrected chi connectivity index (χ4v) is 1.59. The molecule has 2 atom stereocenters. The summed E-state index contributed by atoms with van der Waals surface area (Å²) in [5, 5.41) is 27.4. The maximum atomic E-state index is 10.5. The molecule has 0 aromatic heterocycles. The third-order valence-electron chi connectivity index (χ3n) is 1.94. The lowest BCUT2D eigenvalue weighted by Crippen LogP contribution is -2.36. The van der Waals surface area contributed by atoms with Crippen LogP contribution in [0.25, 0.3) is 0 Å². The first-order valence-corrected chi connectivity index (χ1v) is 5.16. The van der Waals surface area contributed by atoms with Crippen LogP contribution in [-0.2, 0) is 4.79 Å². The van der Waals surface area contributed by atoms with Crippen LogP contribution in [0.3, 0.4) is 0 Å². The van der Waals surface area contributed by atoms with E-state index in [0.29, 0.717) is 9.13 Å². The smallest absolute Gasteiger partial charge is 0.323 e. The van der Waals surface area contributed by atoms with Crippen molar-refractivity contribution in [3.63, 3.8) is 0 Å². The van der Waals surface area contributed by atoms with Crippen molar-refractivity contribution in [3.8, 4) is 5.75 Å². The fourth-order valence-electron chi connectivity index (χ4n) is 1.05. The first-order chi connectivity index (χ1) is 6.93. The fraction of sp³-hybridized carbons (Fsp3) is 0.222. The van der Waals surface area contributed by atoms with Crippen molar-refractivity contribution in [1.29, 1.82) is 0 Å². The van der Waals surface area contributed by atoms with Crippen LogP contribution in [0.1, 0.15) is 11.7 Å². The summed E-state index contributed by atoms with van der Waals surface area (Å²) in [4.78, 5) is 10.5. The van der Waals surface area contributed by atoms with Crippen molar-refractivity contribution < 1.29 is 20.1 Å². The predicted molar refractivity (Wildman–Crippen MR) is 61.4 cm³/mol. The highest BCUT2D eigenvalue weighted by Crippen LogP contribution is 2.24. The number of benzene rings is 1. The Hall–Kier alpha value is -0.860. The SMILES string of the molecule is NC(C(=O)O)C(O)c1ccc(O)c(I)c1. The Morgan fingerprint density at radius 2 is 2.07 bits per heavy atom. The van der Waals surface area contributed by atoms with Gasteiger partial charge in [0.05, 0.1) is 3.57 Å². The molecular weight excluding hydrogens is 313 g/mol. The minimum atomic E-state index is -1.37. The maximum absolute atomic E-state index is 10.5. The monoisotopic (exact) mass is 323 g/mol. The Morgan fingerprint density at radius 1 is 1.47 bits per heavy atom. The number of hydrogen-bond acceptors (Lipinski definition) is 4. The number of aliphatic carboxylic acids is 1. The van der Waals surface area contributed by atoms with Crippen LogP contribution < -0.4 is 5.73 Å². The Morgan fingerprint density at radius 3 is 2.53 bits per heavy atom. The molecule has 15 heavy (non-hydrogen) atoms. The minimum absolute atomic E-state index is 0.0791. The van der Waals surface area contributed by atoms with Gasteiger partial charge in [-0.1, -0.05) is 6.07 Å². The molecule has 0 heterocycles. The van der Waals surface area contributed by atoms with Gasteiger partial charge in [-0.25, -0.2) is 0 Å². The molecule has 0 radical (unpaired) electrons. The largest absolute Gasteiger partial charge is 0.507 e. The standard InChI is InChI=1S/C9H10INO4/c10-5-3-4(1-2-6(5)12)8(13)7(11)9(14)15/h1-3,7-8,12-13H,11H2,(H,14,15). The average Bonchev–Trinajstić information content (AvgIpc) is 2.19. The third-order valence-corrected chi connectivity index (χ3v) is 2.80. The number of carboxylic acid groups (broad SMARTS) is 1. The highest BCUT2D eigenvalue weighted by Gasteiger charge is 2.23. The molecule has 5 nitrogen and oxygen atoms in total. The normalized spacial score (nSPS) is 14.6. The number of aliphatic hydroxyl groups excluding tert-OH is 1. The average molecular weight is 323 g/mol. The predicted octanol–water partition coefficient (Wildman–Crippen LogP) is 0.442. The second-order valence-electron chi connectivity index (χ2n) is 3.02. The van der Waals surface area contributed by atoms with E-state index in [1.807, 2.05) is 22.6 Å². The second-order valence-corrected chi connectivity index (χ2v) is 4.18. The molecule has 0 bridgehead atoms. The van der Waals surface area contributed by atoms with E-state index in [4.69, 9.17) is 10.8 Å².